The van der Waals surface area contributed by atoms with Crippen molar-refractivity contribution < 1.29 is 9.52 Å². The quantitative estimate of drug-likeness (QED) is 0.608. The molecule has 0 aliphatic rings. The van der Waals surface area contributed by atoms with Crippen molar-refractivity contribution in [3.63, 3.8) is 0 Å². The average molecular weight is 142 g/mol. The van der Waals surface area contributed by atoms with Crippen molar-refractivity contribution in [1.82, 2.24) is 4.98 Å². The summed E-state index contributed by atoms with van der Waals surface area (Å²) in [6, 6.07) is -0.492. The van der Waals surface area contributed by atoms with Crippen LogP contribution in [-0.4, -0.2) is 16.7 Å². The molecule has 0 aliphatic carbocycles. The number of hydrogen-bond donors (Lipinski definition) is 2. The molecule has 1 heterocycles. The topological polar surface area (TPSA) is 72.3 Å². The molecule has 0 spiro atoms. The number of aliphatic hydroxyl groups excluding tert-OH is 1. The lowest BCUT2D eigenvalue weighted by Crippen LogP contribution is -2.14. The number of aryl methyl sites for hydroxylation is 1. The van der Waals surface area contributed by atoms with Crippen molar-refractivity contribution in [2.75, 3.05) is 6.61 Å². The van der Waals surface area contributed by atoms with Crippen molar-refractivity contribution >= 4 is 0 Å². The van der Waals surface area contributed by atoms with Crippen LogP contribution in [0.5, 0.6) is 0 Å². The fourth-order valence-corrected chi connectivity index (χ4v) is 0.622. The third kappa shape index (κ3) is 1.34. The molecular weight excluding hydrogens is 132 g/mol. The second-order valence-corrected chi connectivity index (χ2v) is 2.10. The predicted octanol–water partition coefficient (Wildman–Crippen LogP) is -0.0249. The molecule has 56 valence electrons. The van der Waals surface area contributed by atoms with Gasteiger partial charge in [0.05, 0.1) is 12.8 Å². The summed E-state index contributed by atoms with van der Waals surface area (Å²) in [5, 5.41) is 8.57. The molecule has 1 rings (SSSR count). The number of aliphatic hydroxyl groups is 1. The van der Waals surface area contributed by atoms with E-state index in [1.807, 2.05) is 0 Å². The molecular formula is C6H10N2O2. The highest BCUT2D eigenvalue weighted by Crippen LogP contribution is 2.08. The summed E-state index contributed by atoms with van der Waals surface area (Å²) in [4.78, 5) is 3.83. The second-order valence-electron chi connectivity index (χ2n) is 2.10. The van der Waals surface area contributed by atoms with E-state index in [0.717, 1.165) is 0 Å². The van der Waals surface area contributed by atoms with E-state index in [2.05, 4.69) is 4.98 Å². The normalized spacial score (nSPS) is 13.5. The van der Waals surface area contributed by atoms with Crippen LogP contribution in [0.15, 0.2) is 10.6 Å². The van der Waals surface area contributed by atoms with Gasteiger partial charge in [-0.15, -0.1) is 0 Å². The highest BCUT2D eigenvalue weighted by Gasteiger charge is 2.08. The minimum Gasteiger partial charge on any atom is -0.444 e. The summed E-state index contributed by atoms with van der Waals surface area (Å²) in [7, 11) is 0. The van der Waals surface area contributed by atoms with E-state index in [9.17, 15) is 0 Å². The second kappa shape index (κ2) is 2.81. The zero-order chi connectivity index (χ0) is 7.56. The van der Waals surface area contributed by atoms with E-state index < -0.39 is 6.04 Å². The van der Waals surface area contributed by atoms with E-state index in [-0.39, 0.29) is 6.61 Å². The average Bonchev–Trinajstić information content (AvgIpc) is 2.34. The van der Waals surface area contributed by atoms with Crippen LogP contribution in [0.4, 0.5) is 0 Å². The van der Waals surface area contributed by atoms with Gasteiger partial charge in [-0.3, -0.25) is 0 Å². The highest BCUT2D eigenvalue weighted by atomic mass is 16.4. The molecule has 4 nitrogen and oxygen atoms in total. The number of nitrogens with zero attached hydrogens (tertiary/aromatic N) is 1. The summed E-state index contributed by atoms with van der Waals surface area (Å²) in [6.45, 7) is 1.64. The lowest BCUT2D eigenvalue weighted by Gasteiger charge is -1.99. The third-order valence-electron chi connectivity index (χ3n) is 1.15. The Balaban J connectivity index is 2.74. The molecule has 1 aromatic rings. The van der Waals surface area contributed by atoms with Gasteiger partial charge in [0.25, 0.3) is 0 Å². The molecule has 0 fully saturated rings. The molecule has 0 saturated heterocycles. The smallest absolute Gasteiger partial charge is 0.213 e. The van der Waals surface area contributed by atoms with E-state index in [1.165, 1.54) is 0 Å². The van der Waals surface area contributed by atoms with Crippen LogP contribution < -0.4 is 5.73 Å². The van der Waals surface area contributed by atoms with Gasteiger partial charge in [-0.1, -0.05) is 0 Å². The molecule has 0 saturated carbocycles. The van der Waals surface area contributed by atoms with E-state index in [1.54, 1.807) is 13.1 Å². The summed E-state index contributed by atoms with van der Waals surface area (Å²) in [5.41, 5.74) is 5.40. The van der Waals surface area contributed by atoms with Crippen LogP contribution >= 0.6 is 0 Å². The predicted molar refractivity (Wildman–Crippen MR) is 35.3 cm³/mol. The molecule has 0 radical (unpaired) electrons. The molecule has 1 atom stereocenters. The monoisotopic (exact) mass is 142 g/mol. The van der Waals surface area contributed by atoms with Gasteiger partial charge in [-0.05, 0) is 6.92 Å². The Morgan fingerprint density at radius 2 is 2.60 bits per heavy atom. The Morgan fingerprint density at radius 1 is 1.90 bits per heavy atom. The first-order valence-electron chi connectivity index (χ1n) is 3.03. The zero-order valence-electron chi connectivity index (χ0n) is 5.74. The van der Waals surface area contributed by atoms with Gasteiger partial charge in [0, 0.05) is 0 Å². The molecule has 0 aliphatic heterocycles. The first-order valence-corrected chi connectivity index (χ1v) is 3.03. The first kappa shape index (κ1) is 7.24. The first-order chi connectivity index (χ1) is 4.74. The van der Waals surface area contributed by atoms with Crippen molar-refractivity contribution in [2.45, 2.75) is 13.0 Å². The molecule has 1 aromatic heterocycles. The molecule has 1 unspecified atom stereocenters. The lowest BCUT2D eigenvalue weighted by molar-refractivity contribution is 0.246. The van der Waals surface area contributed by atoms with Gasteiger partial charge < -0.3 is 15.3 Å². The number of aromatic nitrogens is 1. The van der Waals surface area contributed by atoms with Crippen LogP contribution in [0.3, 0.4) is 0 Å². The summed E-state index contributed by atoms with van der Waals surface area (Å²) in [5.74, 6) is 1.10. The maximum Gasteiger partial charge on any atom is 0.213 e. The van der Waals surface area contributed by atoms with E-state index in [0.29, 0.717) is 11.7 Å². The fraction of sp³-hybridized carbons (Fsp3) is 0.500. The van der Waals surface area contributed by atoms with Gasteiger partial charge in [-0.2, -0.15) is 0 Å². The van der Waals surface area contributed by atoms with Crippen molar-refractivity contribution in [3.8, 4) is 0 Å². The number of rotatable bonds is 2. The van der Waals surface area contributed by atoms with Crippen molar-refractivity contribution in [2.24, 2.45) is 5.73 Å². The lowest BCUT2D eigenvalue weighted by atomic mass is 10.3. The molecule has 3 N–H and O–H groups in total. The Bertz CT molecular complexity index is 209. The van der Waals surface area contributed by atoms with Crippen LogP contribution in [0, 0.1) is 6.92 Å². The standard InChI is InChI=1S/C6H10N2O2/c1-4-2-8-6(10-4)5(7)3-9/h2,5,9H,3,7H2,1H3. The molecule has 4 heteroatoms. The minimum absolute atomic E-state index is 0.139. The van der Waals surface area contributed by atoms with Crippen molar-refractivity contribution in [1.29, 1.82) is 0 Å². The zero-order valence-corrected chi connectivity index (χ0v) is 5.74. The van der Waals surface area contributed by atoms with Crippen LogP contribution in [0.25, 0.3) is 0 Å². The summed E-state index contributed by atoms with van der Waals surface area (Å²) >= 11 is 0. The van der Waals surface area contributed by atoms with Gasteiger partial charge >= 0.3 is 0 Å². The Labute approximate surface area is 58.7 Å². The van der Waals surface area contributed by atoms with Crippen molar-refractivity contribution in [3.05, 3.63) is 17.8 Å². The number of hydrogen-bond acceptors (Lipinski definition) is 4. The molecule has 0 amide bonds. The van der Waals surface area contributed by atoms with Crippen LogP contribution in [0.1, 0.15) is 17.7 Å². The van der Waals surface area contributed by atoms with Crippen LogP contribution in [0.2, 0.25) is 0 Å². The van der Waals surface area contributed by atoms with Gasteiger partial charge in [0.1, 0.15) is 11.8 Å². The van der Waals surface area contributed by atoms with Gasteiger partial charge in [0.2, 0.25) is 5.89 Å². The van der Waals surface area contributed by atoms with E-state index >= 15 is 0 Å². The Kier molecular flexibility index (Phi) is 2.03. The summed E-state index contributed by atoms with van der Waals surface area (Å²) < 4.78 is 5.04. The summed E-state index contributed by atoms with van der Waals surface area (Å²) in [6.07, 6.45) is 1.57. The highest BCUT2D eigenvalue weighted by molar-refractivity contribution is 4.94. The van der Waals surface area contributed by atoms with Gasteiger partial charge in [-0.25, -0.2) is 4.98 Å². The molecule has 10 heavy (non-hydrogen) atoms. The largest absolute Gasteiger partial charge is 0.444 e. The Hall–Kier alpha value is -0.870. The molecule has 0 aromatic carbocycles. The third-order valence-corrected chi connectivity index (χ3v) is 1.15. The number of nitrogens with two attached hydrogens (primary N) is 1. The maximum absolute atomic E-state index is 8.57. The number of oxazole rings is 1. The minimum atomic E-state index is -0.492. The SMILES string of the molecule is Cc1cnc(C(N)CO)o1. The Morgan fingerprint density at radius 3 is 3.00 bits per heavy atom. The van der Waals surface area contributed by atoms with E-state index in [4.69, 9.17) is 15.3 Å². The van der Waals surface area contributed by atoms with Crippen LogP contribution in [-0.2, 0) is 0 Å². The maximum atomic E-state index is 8.57. The van der Waals surface area contributed by atoms with Gasteiger partial charge in [0.15, 0.2) is 0 Å². The molecule has 0 bridgehead atoms. The fourth-order valence-electron chi connectivity index (χ4n) is 0.622.